The lowest BCUT2D eigenvalue weighted by atomic mass is 10.1. The van der Waals surface area contributed by atoms with E-state index in [2.05, 4.69) is 15.2 Å². The van der Waals surface area contributed by atoms with E-state index in [4.69, 9.17) is 4.52 Å². The number of anilines is 3. The van der Waals surface area contributed by atoms with Gasteiger partial charge in [0.25, 0.3) is 10.0 Å². The molecule has 0 unspecified atom stereocenters. The van der Waals surface area contributed by atoms with Gasteiger partial charge in [0.2, 0.25) is 0 Å². The van der Waals surface area contributed by atoms with Gasteiger partial charge in [-0.05, 0) is 57.2 Å². The van der Waals surface area contributed by atoms with Crippen molar-refractivity contribution in [2.24, 2.45) is 0 Å². The van der Waals surface area contributed by atoms with Gasteiger partial charge >= 0.3 is 0 Å². The molecule has 0 aliphatic heterocycles. The molecule has 7 nitrogen and oxygen atoms in total. The Kier molecular flexibility index (Phi) is 5.00. The van der Waals surface area contributed by atoms with Crippen LogP contribution in [0.4, 0.5) is 17.1 Å². The SMILES string of the molecule is CC(=O)c1cccc(Nc2ccc(NS(=O)(=O)c3c(C)noc3C)cc2)c1. The van der Waals surface area contributed by atoms with Crippen LogP contribution in [0.5, 0.6) is 0 Å². The van der Waals surface area contributed by atoms with Crippen molar-refractivity contribution < 1.29 is 17.7 Å². The Hall–Kier alpha value is -3.13. The molecule has 0 saturated heterocycles. The molecule has 1 heterocycles. The van der Waals surface area contributed by atoms with Crippen LogP contribution < -0.4 is 10.0 Å². The Morgan fingerprint density at radius 2 is 1.67 bits per heavy atom. The average Bonchev–Trinajstić information content (AvgIpc) is 2.96. The maximum Gasteiger partial charge on any atom is 0.267 e. The van der Waals surface area contributed by atoms with Gasteiger partial charge in [-0.3, -0.25) is 9.52 Å². The second kappa shape index (κ2) is 7.24. The van der Waals surface area contributed by atoms with Crippen LogP contribution in [0.1, 0.15) is 28.7 Å². The van der Waals surface area contributed by atoms with Gasteiger partial charge in [-0.1, -0.05) is 17.3 Å². The largest absolute Gasteiger partial charge is 0.360 e. The first-order chi connectivity index (χ1) is 12.8. The summed E-state index contributed by atoms with van der Waals surface area (Å²) in [5.41, 5.74) is 2.87. The number of hydrogen-bond acceptors (Lipinski definition) is 6. The number of ketones is 1. The molecule has 0 atom stereocenters. The predicted octanol–water partition coefficient (Wildman–Crippen LogP) is 4.04. The summed E-state index contributed by atoms with van der Waals surface area (Å²) < 4.78 is 32.5. The van der Waals surface area contributed by atoms with Crippen LogP contribution in [0.2, 0.25) is 0 Å². The molecule has 1 aromatic heterocycles. The molecule has 0 aliphatic carbocycles. The maximum atomic E-state index is 12.5. The summed E-state index contributed by atoms with van der Waals surface area (Å²) in [5, 5.41) is 6.86. The lowest BCUT2D eigenvalue weighted by Gasteiger charge is -2.10. The van der Waals surface area contributed by atoms with Crippen LogP contribution in [-0.4, -0.2) is 19.4 Å². The quantitative estimate of drug-likeness (QED) is 0.621. The highest BCUT2D eigenvalue weighted by atomic mass is 32.2. The van der Waals surface area contributed by atoms with Crippen molar-refractivity contribution >= 4 is 32.9 Å². The molecule has 8 heteroatoms. The van der Waals surface area contributed by atoms with Crippen LogP contribution in [0.25, 0.3) is 0 Å². The van der Waals surface area contributed by atoms with Crippen molar-refractivity contribution in [2.75, 3.05) is 10.0 Å². The predicted molar refractivity (Wildman–Crippen MR) is 103 cm³/mol. The van der Waals surface area contributed by atoms with Crippen LogP contribution in [0, 0.1) is 13.8 Å². The fourth-order valence-electron chi connectivity index (χ4n) is 2.67. The minimum Gasteiger partial charge on any atom is -0.360 e. The Morgan fingerprint density at radius 1 is 1.00 bits per heavy atom. The molecule has 27 heavy (non-hydrogen) atoms. The molecule has 3 aromatic rings. The number of aromatic nitrogens is 1. The minimum absolute atomic E-state index is 0.0114. The first kappa shape index (κ1) is 18.7. The Balaban J connectivity index is 1.76. The molecule has 140 valence electrons. The number of carbonyl (C=O) groups is 1. The first-order valence-corrected chi connectivity index (χ1v) is 9.68. The highest BCUT2D eigenvalue weighted by Gasteiger charge is 2.24. The first-order valence-electron chi connectivity index (χ1n) is 8.20. The molecule has 0 bridgehead atoms. The van der Waals surface area contributed by atoms with Crippen LogP contribution in [0.3, 0.4) is 0 Å². The normalized spacial score (nSPS) is 11.2. The Labute approximate surface area is 157 Å². The highest BCUT2D eigenvalue weighted by molar-refractivity contribution is 7.92. The number of hydrogen-bond donors (Lipinski definition) is 2. The summed E-state index contributed by atoms with van der Waals surface area (Å²) in [6, 6.07) is 13.9. The Bertz CT molecular complexity index is 1070. The fourth-order valence-corrected chi connectivity index (χ4v) is 4.06. The molecular formula is C19H19N3O4S. The fraction of sp³-hybridized carbons (Fsp3) is 0.158. The smallest absolute Gasteiger partial charge is 0.267 e. The zero-order chi connectivity index (χ0) is 19.6. The molecule has 0 saturated carbocycles. The summed E-state index contributed by atoms with van der Waals surface area (Å²) in [4.78, 5) is 11.5. The number of nitrogens with one attached hydrogen (secondary N) is 2. The van der Waals surface area contributed by atoms with Crippen LogP contribution in [0.15, 0.2) is 57.9 Å². The summed E-state index contributed by atoms with van der Waals surface area (Å²) in [5.74, 6) is 0.228. The molecule has 0 amide bonds. The van der Waals surface area contributed by atoms with Crippen molar-refractivity contribution in [1.82, 2.24) is 5.16 Å². The molecule has 0 radical (unpaired) electrons. The van der Waals surface area contributed by atoms with Gasteiger partial charge in [0.05, 0.1) is 0 Å². The van der Waals surface area contributed by atoms with Crippen molar-refractivity contribution in [3.8, 4) is 0 Å². The van der Waals surface area contributed by atoms with E-state index >= 15 is 0 Å². The number of Topliss-reactive ketones (excluding diaryl/α,β-unsaturated/α-hetero) is 1. The van der Waals surface area contributed by atoms with Crippen LogP contribution in [-0.2, 0) is 10.0 Å². The molecule has 2 aromatic carbocycles. The Morgan fingerprint density at radius 3 is 2.26 bits per heavy atom. The summed E-state index contributed by atoms with van der Waals surface area (Å²) in [7, 11) is -3.78. The molecule has 0 aliphatic rings. The number of aryl methyl sites for hydroxylation is 2. The number of nitrogens with zero attached hydrogens (tertiary/aromatic N) is 1. The van der Waals surface area contributed by atoms with Crippen molar-refractivity contribution in [2.45, 2.75) is 25.7 Å². The van der Waals surface area contributed by atoms with E-state index in [1.807, 2.05) is 6.07 Å². The van der Waals surface area contributed by atoms with E-state index in [1.54, 1.807) is 56.3 Å². The molecule has 2 N–H and O–H groups in total. The van der Waals surface area contributed by atoms with E-state index < -0.39 is 10.0 Å². The zero-order valence-corrected chi connectivity index (χ0v) is 15.9. The highest BCUT2D eigenvalue weighted by Crippen LogP contribution is 2.24. The second-order valence-corrected chi connectivity index (χ2v) is 7.72. The third-order valence-corrected chi connectivity index (χ3v) is 5.56. The third kappa shape index (κ3) is 4.17. The lowest BCUT2D eigenvalue weighted by molar-refractivity contribution is 0.101. The molecule has 0 fully saturated rings. The van der Waals surface area contributed by atoms with Gasteiger partial charge in [-0.15, -0.1) is 0 Å². The monoisotopic (exact) mass is 385 g/mol. The number of benzene rings is 2. The van der Waals surface area contributed by atoms with E-state index in [9.17, 15) is 13.2 Å². The van der Waals surface area contributed by atoms with Crippen LogP contribution >= 0.6 is 0 Å². The van der Waals surface area contributed by atoms with Crippen molar-refractivity contribution in [3.05, 3.63) is 65.5 Å². The third-order valence-electron chi connectivity index (χ3n) is 3.93. The van der Waals surface area contributed by atoms with E-state index in [0.29, 0.717) is 16.9 Å². The molecule has 3 rings (SSSR count). The van der Waals surface area contributed by atoms with E-state index in [-0.39, 0.29) is 16.4 Å². The van der Waals surface area contributed by atoms with Gasteiger partial charge < -0.3 is 9.84 Å². The molecule has 0 spiro atoms. The van der Waals surface area contributed by atoms with Gasteiger partial charge in [-0.2, -0.15) is 0 Å². The summed E-state index contributed by atoms with van der Waals surface area (Å²) in [6.07, 6.45) is 0. The van der Waals surface area contributed by atoms with Crippen molar-refractivity contribution in [3.63, 3.8) is 0 Å². The zero-order valence-electron chi connectivity index (χ0n) is 15.1. The maximum absolute atomic E-state index is 12.5. The minimum atomic E-state index is -3.78. The average molecular weight is 385 g/mol. The van der Waals surface area contributed by atoms with Gasteiger partial charge in [0, 0.05) is 22.6 Å². The lowest BCUT2D eigenvalue weighted by Crippen LogP contribution is -2.14. The number of sulfonamides is 1. The topological polar surface area (TPSA) is 101 Å². The molecular weight excluding hydrogens is 366 g/mol. The van der Waals surface area contributed by atoms with Gasteiger partial charge in [0.15, 0.2) is 16.4 Å². The van der Waals surface area contributed by atoms with E-state index in [0.717, 1.165) is 11.4 Å². The van der Waals surface area contributed by atoms with Crippen molar-refractivity contribution in [1.29, 1.82) is 0 Å². The number of carbonyl (C=O) groups excluding carboxylic acids is 1. The standard InChI is InChI=1S/C19H19N3O4S/c1-12-19(14(3)26-21-12)27(24,25)22-17-9-7-16(8-10-17)20-18-6-4-5-15(11-18)13(2)23/h4-11,20,22H,1-3H3. The number of rotatable bonds is 6. The van der Waals surface area contributed by atoms with E-state index in [1.165, 1.54) is 6.92 Å². The second-order valence-electron chi connectivity index (χ2n) is 6.10. The summed E-state index contributed by atoms with van der Waals surface area (Å²) >= 11 is 0. The van der Waals surface area contributed by atoms with Gasteiger partial charge in [0.1, 0.15) is 5.69 Å². The van der Waals surface area contributed by atoms with Gasteiger partial charge in [-0.25, -0.2) is 8.42 Å². The summed E-state index contributed by atoms with van der Waals surface area (Å²) in [6.45, 7) is 4.64.